The van der Waals surface area contributed by atoms with Crippen LogP contribution in [0.3, 0.4) is 0 Å². The number of aromatic amines is 1. The number of aromatic nitrogens is 1. The zero-order chi connectivity index (χ0) is 15.1. The number of nitrogens with zero attached hydrogens (tertiary/aromatic N) is 2. The van der Waals surface area contributed by atoms with Crippen molar-refractivity contribution in [1.82, 2.24) is 14.8 Å². The quantitative estimate of drug-likeness (QED) is 0.945. The van der Waals surface area contributed by atoms with Gasteiger partial charge in [-0.15, -0.1) is 0 Å². The molecule has 0 bridgehead atoms. The maximum atomic E-state index is 5.40. The standard InChI is InChI=1S/C18H25N3O/c1-20-8-3-4-13(20)11-21-9-7-18-16(12-21)15-10-14(22-2)5-6-17(15)19-18/h5-6,10,13,19H,3-4,7-9,11-12H2,1-2H3. The minimum absolute atomic E-state index is 0.737. The fraction of sp³-hybridized carbons (Fsp3) is 0.556. The van der Waals surface area contributed by atoms with Crippen LogP contribution in [0.2, 0.25) is 0 Å². The van der Waals surface area contributed by atoms with E-state index < -0.39 is 0 Å². The molecule has 1 N–H and O–H groups in total. The van der Waals surface area contributed by atoms with Crippen LogP contribution < -0.4 is 4.74 Å². The smallest absolute Gasteiger partial charge is 0.119 e. The van der Waals surface area contributed by atoms with Crippen molar-refractivity contribution < 1.29 is 4.74 Å². The summed E-state index contributed by atoms with van der Waals surface area (Å²) in [5.74, 6) is 0.946. The van der Waals surface area contributed by atoms with Gasteiger partial charge in [0.15, 0.2) is 0 Å². The van der Waals surface area contributed by atoms with Gasteiger partial charge >= 0.3 is 0 Å². The van der Waals surface area contributed by atoms with Gasteiger partial charge in [0, 0.05) is 48.7 Å². The molecule has 0 saturated carbocycles. The van der Waals surface area contributed by atoms with Crippen molar-refractivity contribution in [2.75, 3.05) is 33.8 Å². The molecule has 1 atom stereocenters. The summed E-state index contributed by atoms with van der Waals surface area (Å²) in [6, 6.07) is 7.09. The van der Waals surface area contributed by atoms with Crippen LogP contribution in [0, 0.1) is 0 Å². The van der Waals surface area contributed by atoms with E-state index >= 15 is 0 Å². The number of nitrogens with one attached hydrogen (secondary N) is 1. The lowest BCUT2D eigenvalue weighted by molar-refractivity contribution is 0.181. The Morgan fingerprint density at radius 1 is 1.32 bits per heavy atom. The zero-order valence-corrected chi connectivity index (χ0v) is 13.6. The van der Waals surface area contributed by atoms with E-state index in [0.717, 1.165) is 24.8 Å². The zero-order valence-electron chi connectivity index (χ0n) is 13.6. The van der Waals surface area contributed by atoms with Crippen LogP contribution >= 0.6 is 0 Å². The molecule has 0 radical (unpaired) electrons. The highest BCUT2D eigenvalue weighted by Crippen LogP contribution is 2.31. The van der Waals surface area contributed by atoms with Crippen LogP contribution in [0.25, 0.3) is 10.9 Å². The molecule has 4 heteroatoms. The lowest BCUT2D eigenvalue weighted by atomic mass is 10.0. The van der Waals surface area contributed by atoms with Crippen molar-refractivity contribution in [3.05, 3.63) is 29.5 Å². The van der Waals surface area contributed by atoms with Crippen molar-refractivity contribution >= 4 is 10.9 Å². The molecule has 0 spiro atoms. The lowest BCUT2D eigenvalue weighted by Gasteiger charge is -2.31. The van der Waals surface area contributed by atoms with Gasteiger partial charge in [0.25, 0.3) is 0 Å². The van der Waals surface area contributed by atoms with Gasteiger partial charge in [-0.3, -0.25) is 4.90 Å². The average Bonchev–Trinajstić information content (AvgIpc) is 3.10. The lowest BCUT2D eigenvalue weighted by Crippen LogP contribution is -2.40. The molecule has 4 rings (SSSR count). The molecule has 0 amide bonds. The first-order valence-corrected chi connectivity index (χ1v) is 8.34. The second-order valence-electron chi connectivity index (χ2n) is 6.76. The maximum absolute atomic E-state index is 5.40. The Kier molecular flexibility index (Phi) is 3.59. The second kappa shape index (κ2) is 5.60. The minimum atomic E-state index is 0.737. The van der Waals surface area contributed by atoms with Gasteiger partial charge in [-0.25, -0.2) is 0 Å². The Bertz CT molecular complexity index is 678. The largest absolute Gasteiger partial charge is 0.497 e. The molecule has 1 aromatic carbocycles. The van der Waals surface area contributed by atoms with E-state index in [0.29, 0.717) is 0 Å². The van der Waals surface area contributed by atoms with Gasteiger partial charge in [-0.2, -0.15) is 0 Å². The Labute approximate surface area is 132 Å². The summed E-state index contributed by atoms with van der Waals surface area (Å²) < 4.78 is 5.40. The fourth-order valence-electron chi connectivity index (χ4n) is 4.04. The molecule has 0 aliphatic carbocycles. The Hall–Kier alpha value is -1.52. The molecule has 1 aromatic heterocycles. The molecule has 1 fully saturated rings. The Balaban J connectivity index is 1.58. The number of rotatable bonds is 3. The van der Waals surface area contributed by atoms with E-state index in [1.807, 2.05) is 6.07 Å². The van der Waals surface area contributed by atoms with Gasteiger partial charge in [0.2, 0.25) is 0 Å². The molecule has 2 aliphatic rings. The van der Waals surface area contributed by atoms with E-state index in [9.17, 15) is 0 Å². The summed E-state index contributed by atoms with van der Waals surface area (Å²) in [6.07, 6.45) is 3.83. The molecule has 1 unspecified atom stereocenters. The van der Waals surface area contributed by atoms with Crippen LogP contribution in [-0.4, -0.2) is 54.6 Å². The third-order valence-electron chi connectivity index (χ3n) is 5.40. The number of hydrogen-bond donors (Lipinski definition) is 1. The number of likely N-dealkylation sites (N-methyl/N-ethyl adjacent to an activating group) is 1. The third kappa shape index (κ3) is 2.40. The molecular weight excluding hydrogens is 274 g/mol. The molecule has 2 aromatic rings. The minimum Gasteiger partial charge on any atom is -0.497 e. The summed E-state index contributed by atoms with van der Waals surface area (Å²) in [5.41, 5.74) is 4.13. The second-order valence-corrected chi connectivity index (χ2v) is 6.76. The summed E-state index contributed by atoms with van der Waals surface area (Å²) in [6.45, 7) is 4.69. The van der Waals surface area contributed by atoms with Crippen molar-refractivity contribution in [3.63, 3.8) is 0 Å². The number of methoxy groups -OCH3 is 1. The van der Waals surface area contributed by atoms with E-state index in [-0.39, 0.29) is 0 Å². The number of benzene rings is 1. The average molecular weight is 299 g/mol. The van der Waals surface area contributed by atoms with Crippen molar-refractivity contribution in [2.45, 2.75) is 31.8 Å². The highest BCUT2D eigenvalue weighted by molar-refractivity contribution is 5.86. The van der Waals surface area contributed by atoms with E-state index in [4.69, 9.17) is 4.74 Å². The molecule has 118 valence electrons. The molecule has 1 saturated heterocycles. The van der Waals surface area contributed by atoms with Gasteiger partial charge < -0.3 is 14.6 Å². The molecule has 3 heterocycles. The topological polar surface area (TPSA) is 31.5 Å². The first kappa shape index (κ1) is 14.1. The monoisotopic (exact) mass is 299 g/mol. The van der Waals surface area contributed by atoms with Crippen LogP contribution in [0.5, 0.6) is 5.75 Å². The van der Waals surface area contributed by atoms with Crippen molar-refractivity contribution in [2.24, 2.45) is 0 Å². The summed E-state index contributed by atoms with van der Waals surface area (Å²) >= 11 is 0. The predicted molar refractivity (Wildman–Crippen MR) is 89.5 cm³/mol. The van der Waals surface area contributed by atoms with Crippen LogP contribution in [0.15, 0.2) is 18.2 Å². The van der Waals surface area contributed by atoms with Crippen molar-refractivity contribution in [3.8, 4) is 5.75 Å². The van der Waals surface area contributed by atoms with Gasteiger partial charge in [-0.1, -0.05) is 0 Å². The summed E-state index contributed by atoms with van der Waals surface area (Å²) in [4.78, 5) is 8.75. The molecule has 4 nitrogen and oxygen atoms in total. The SMILES string of the molecule is COc1ccc2[nH]c3c(c2c1)CN(CC1CCCN1C)CC3. The molecular formula is C18H25N3O. The molecule has 2 aliphatic heterocycles. The predicted octanol–water partition coefficient (Wildman–Crippen LogP) is 2.63. The Morgan fingerprint density at radius 3 is 3.00 bits per heavy atom. The van der Waals surface area contributed by atoms with Crippen LogP contribution in [0.1, 0.15) is 24.1 Å². The van der Waals surface area contributed by atoms with E-state index in [1.165, 1.54) is 54.6 Å². The van der Waals surface area contributed by atoms with Crippen molar-refractivity contribution in [1.29, 1.82) is 0 Å². The highest BCUT2D eigenvalue weighted by Gasteiger charge is 2.26. The number of hydrogen-bond acceptors (Lipinski definition) is 3. The Morgan fingerprint density at radius 2 is 2.23 bits per heavy atom. The van der Waals surface area contributed by atoms with Gasteiger partial charge in [-0.05, 0) is 50.2 Å². The number of ether oxygens (including phenoxy) is 1. The fourth-order valence-corrected chi connectivity index (χ4v) is 4.04. The van der Waals surface area contributed by atoms with Crippen LogP contribution in [-0.2, 0) is 13.0 Å². The maximum Gasteiger partial charge on any atom is 0.119 e. The third-order valence-corrected chi connectivity index (χ3v) is 5.40. The van der Waals surface area contributed by atoms with E-state index in [1.54, 1.807) is 7.11 Å². The van der Waals surface area contributed by atoms with Gasteiger partial charge in [0.1, 0.15) is 5.75 Å². The van der Waals surface area contributed by atoms with E-state index in [2.05, 4.69) is 34.0 Å². The normalized spacial score (nSPS) is 23.1. The molecule has 22 heavy (non-hydrogen) atoms. The van der Waals surface area contributed by atoms with Crippen LogP contribution in [0.4, 0.5) is 0 Å². The summed E-state index contributed by atoms with van der Waals surface area (Å²) in [7, 11) is 4.01. The first-order chi connectivity index (χ1) is 10.7. The number of fused-ring (bicyclic) bond motifs is 3. The summed E-state index contributed by atoms with van der Waals surface area (Å²) in [5, 5.41) is 1.33. The number of likely N-dealkylation sites (tertiary alicyclic amines) is 1. The number of H-pyrrole nitrogens is 1. The first-order valence-electron chi connectivity index (χ1n) is 8.34. The highest BCUT2D eigenvalue weighted by atomic mass is 16.5. The van der Waals surface area contributed by atoms with Gasteiger partial charge in [0.05, 0.1) is 7.11 Å².